The molecule has 0 aliphatic carbocycles. The van der Waals surface area contributed by atoms with Gasteiger partial charge in [-0.15, -0.1) is 0 Å². The smallest absolute Gasteiger partial charge is 0.354 e. The predicted molar refractivity (Wildman–Crippen MR) is 68.9 cm³/mol. The number of hydrogen-bond acceptors (Lipinski definition) is 3. The molecular formula is C14H15NO3. The third kappa shape index (κ3) is 2.01. The lowest BCUT2D eigenvalue weighted by Gasteiger charge is -2.03. The lowest BCUT2D eigenvalue weighted by molar-refractivity contribution is 0.0515. The molecule has 1 heterocycles. The van der Waals surface area contributed by atoms with Gasteiger partial charge in [-0.1, -0.05) is 0 Å². The molecule has 4 nitrogen and oxygen atoms in total. The predicted octanol–water partition coefficient (Wildman–Crippen LogP) is 2.56. The molecule has 0 N–H and O–H groups in total. The molecule has 18 heavy (non-hydrogen) atoms. The van der Waals surface area contributed by atoms with Crippen LogP contribution in [0.3, 0.4) is 0 Å². The second-order valence-electron chi connectivity index (χ2n) is 4.14. The van der Waals surface area contributed by atoms with Crippen molar-refractivity contribution in [1.29, 1.82) is 0 Å². The number of Topliss-reactive ketones (excluding diaryl/α,β-unsaturated/α-hetero) is 1. The molecule has 0 atom stereocenters. The molecule has 0 radical (unpaired) electrons. The van der Waals surface area contributed by atoms with Gasteiger partial charge in [-0.05, 0) is 38.1 Å². The van der Waals surface area contributed by atoms with Crippen molar-refractivity contribution in [3.05, 3.63) is 35.5 Å². The summed E-state index contributed by atoms with van der Waals surface area (Å²) in [6.07, 6.45) is 0. The van der Waals surface area contributed by atoms with Gasteiger partial charge in [-0.3, -0.25) is 4.79 Å². The highest BCUT2D eigenvalue weighted by atomic mass is 16.5. The molecule has 0 fully saturated rings. The minimum Gasteiger partial charge on any atom is -0.461 e. The number of benzene rings is 1. The first-order valence-electron chi connectivity index (χ1n) is 5.82. The first kappa shape index (κ1) is 12.4. The Labute approximate surface area is 105 Å². The number of ether oxygens (including phenoxy) is 1. The number of hydrogen-bond donors (Lipinski definition) is 0. The van der Waals surface area contributed by atoms with Crippen LogP contribution in [0, 0.1) is 0 Å². The molecule has 1 aromatic heterocycles. The van der Waals surface area contributed by atoms with E-state index in [1.54, 1.807) is 29.7 Å². The van der Waals surface area contributed by atoms with Gasteiger partial charge < -0.3 is 9.30 Å². The van der Waals surface area contributed by atoms with E-state index in [-0.39, 0.29) is 11.8 Å². The zero-order valence-electron chi connectivity index (χ0n) is 10.7. The van der Waals surface area contributed by atoms with Crippen LogP contribution in [-0.2, 0) is 11.8 Å². The summed E-state index contributed by atoms with van der Waals surface area (Å²) in [7, 11) is 1.81. The molecule has 4 heteroatoms. The average Bonchev–Trinajstić information content (AvgIpc) is 2.66. The van der Waals surface area contributed by atoms with Gasteiger partial charge in [0, 0.05) is 23.5 Å². The van der Waals surface area contributed by atoms with Crippen molar-refractivity contribution >= 4 is 22.7 Å². The van der Waals surface area contributed by atoms with E-state index in [0.29, 0.717) is 17.9 Å². The minimum atomic E-state index is -0.347. The summed E-state index contributed by atoms with van der Waals surface area (Å²) in [5, 5.41) is 0.869. The van der Waals surface area contributed by atoms with Crippen LogP contribution in [0.5, 0.6) is 0 Å². The fourth-order valence-electron chi connectivity index (χ4n) is 1.97. The van der Waals surface area contributed by atoms with Gasteiger partial charge in [0.05, 0.1) is 6.61 Å². The Morgan fingerprint density at radius 2 is 2.00 bits per heavy atom. The summed E-state index contributed by atoms with van der Waals surface area (Å²) in [5.41, 5.74) is 2.04. The molecule has 0 spiro atoms. The maximum absolute atomic E-state index is 11.7. The summed E-state index contributed by atoms with van der Waals surface area (Å²) in [6.45, 7) is 3.64. The Morgan fingerprint density at radius 3 is 2.61 bits per heavy atom. The molecule has 0 amide bonds. The normalized spacial score (nSPS) is 10.6. The summed E-state index contributed by atoms with van der Waals surface area (Å²) in [6, 6.07) is 7.15. The number of carbonyl (C=O) groups excluding carboxylic acids is 2. The van der Waals surface area contributed by atoms with Crippen LogP contribution < -0.4 is 0 Å². The van der Waals surface area contributed by atoms with Crippen molar-refractivity contribution in [2.24, 2.45) is 7.05 Å². The molecule has 2 aromatic rings. The Kier molecular flexibility index (Phi) is 3.19. The number of aromatic nitrogens is 1. The SMILES string of the molecule is CCOC(=O)c1cc2cc(C(C)=O)ccc2n1C. The highest BCUT2D eigenvalue weighted by Crippen LogP contribution is 2.21. The summed E-state index contributed by atoms with van der Waals surface area (Å²) in [4.78, 5) is 23.1. The fourth-order valence-corrected chi connectivity index (χ4v) is 1.97. The number of carbonyl (C=O) groups is 2. The third-order valence-corrected chi connectivity index (χ3v) is 2.93. The Morgan fingerprint density at radius 1 is 1.28 bits per heavy atom. The number of esters is 1. The second kappa shape index (κ2) is 4.64. The monoisotopic (exact) mass is 245 g/mol. The van der Waals surface area contributed by atoms with Gasteiger partial charge >= 0.3 is 5.97 Å². The van der Waals surface area contributed by atoms with E-state index < -0.39 is 0 Å². The fraction of sp³-hybridized carbons (Fsp3) is 0.286. The highest BCUT2D eigenvalue weighted by Gasteiger charge is 2.14. The lowest BCUT2D eigenvalue weighted by Crippen LogP contribution is -2.09. The van der Waals surface area contributed by atoms with Crippen molar-refractivity contribution in [1.82, 2.24) is 4.57 Å². The maximum Gasteiger partial charge on any atom is 0.354 e. The van der Waals surface area contributed by atoms with Gasteiger partial charge in [0.1, 0.15) is 5.69 Å². The van der Waals surface area contributed by atoms with E-state index in [1.807, 2.05) is 13.1 Å². The van der Waals surface area contributed by atoms with Crippen molar-refractivity contribution in [2.45, 2.75) is 13.8 Å². The van der Waals surface area contributed by atoms with Crippen molar-refractivity contribution < 1.29 is 14.3 Å². The van der Waals surface area contributed by atoms with Crippen molar-refractivity contribution in [3.63, 3.8) is 0 Å². The minimum absolute atomic E-state index is 0.0124. The Bertz CT molecular complexity index is 625. The zero-order valence-corrected chi connectivity index (χ0v) is 10.7. The zero-order chi connectivity index (χ0) is 13.3. The highest BCUT2D eigenvalue weighted by molar-refractivity contribution is 6.00. The Hall–Kier alpha value is -2.10. The molecule has 1 aromatic carbocycles. The first-order chi connectivity index (χ1) is 8.54. The first-order valence-corrected chi connectivity index (χ1v) is 5.82. The molecule has 2 rings (SSSR count). The van der Waals surface area contributed by atoms with Gasteiger partial charge in [-0.25, -0.2) is 4.79 Å². The number of fused-ring (bicyclic) bond motifs is 1. The molecule has 0 saturated carbocycles. The van der Waals surface area contributed by atoms with Crippen LogP contribution in [0.4, 0.5) is 0 Å². The van der Waals surface area contributed by atoms with E-state index in [9.17, 15) is 9.59 Å². The number of rotatable bonds is 3. The van der Waals surface area contributed by atoms with Gasteiger partial charge in [0.25, 0.3) is 0 Å². The van der Waals surface area contributed by atoms with Gasteiger partial charge in [0.15, 0.2) is 5.78 Å². The lowest BCUT2D eigenvalue weighted by atomic mass is 10.1. The van der Waals surface area contributed by atoms with Gasteiger partial charge in [0.2, 0.25) is 0 Å². The van der Waals surface area contributed by atoms with E-state index in [0.717, 1.165) is 10.9 Å². The summed E-state index contributed by atoms with van der Waals surface area (Å²) in [5.74, 6) is -0.334. The van der Waals surface area contributed by atoms with E-state index in [4.69, 9.17) is 4.74 Å². The summed E-state index contributed by atoms with van der Waals surface area (Å²) < 4.78 is 6.76. The van der Waals surface area contributed by atoms with E-state index in [1.165, 1.54) is 6.92 Å². The van der Waals surface area contributed by atoms with Crippen LogP contribution >= 0.6 is 0 Å². The van der Waals surface area contributed by atoms with Gasteiger partial charge in [-0.2, -0.15) is 0 Å². The van der Waals surface area contributed by atoms with Crippen LogP contribution in [0.25, 0.3) is 10.9 Å². The largest absolute Gasteiger partial charge is 0.461 e. The van der Waals surface area contributed by atoms with Crippen molar-refractivity contribution in [2.75, 3.05) is 6.61 Å². The number of aryl methyl sites for hydroxylation is 1. The summed E-state index contributed by atoms with van der Waals surface area (Å²) >= 11 is 0. The molecule has 94 valence electrons. The topological polar surface area (TPSA) is 48.3 Å². The number of ketones is 1. The Balaban J connectivity index is 2.55. The van der Waals surface area contributed by atoms with Crippen LogP contribution in [0.15, 0.2) is 24.3 Å². The molecule has 0 aliphatic heterocycles. The van der Waals surface area contributed by atoms with E-state index in [2.05, 4.69) is 0 Å². The quantitative estimate of drug-likeness (QED) is 0.616. The standard InChI is InChI=1S/C14H15NO3/c1-4-18-14(17)13-8-11-7-10(9(2)16)5-6-12(11)15(13)3/h5-8H,4H2,1-3H3. The number of nitrogens with zero attached hydrogens (tertiary/aromatic N) is 1. The molecule has 0 saturated heterocycles. The van der Waals surface area contributed by atoms with Crippen LogP contribution in [-0.4, -0.2) is 22.9 Å². The van der Waals surface area contributed by atoms with Crippen LogP contribution in [0.2, 0.25) is 0 Å². The third-order valence-electron chi connectivity index (χ3n) is 2.93. The second-order valence-corrected chi connectivity index (χ2v) is 4.14. The average molecular weight is 245 g/mol. The van der Waals surface area contributed by atoms with E-state index >= 15 is 0 Å². The van der Waals surface area contributed by atoms with Crippen molar-refractivity contribution in [3.8, 4) is 0 Å². The molecule has 0 unspecified atom stereocenters. The molecular weight excluding hydrogens is 230 g/mol. The van der Waals surface area contributed by atoms with Crippen LogP contribution in [0.1, 0.15) is 34.7 Å². The maximum atomic E-state index is 11.7. The molecule has 0 bridgehead atoms. The molecule has 0 aliphatic rings.